The molecule has 1 saturated heterocycles. The molecule has 1 fully saturated rings. The van der Waals surface area contributed by atoms with Gasteiger partial charge >= 0.3 is 0 Å². The summed E-state index contributed by atoms with van der Waals surface area (Å²) in [6.07, 6.45) is 0. The van der Waals surface area contributed by atoms with Crippen molar-refractivity contribution in [1.29, 1.82) is 0 Å². The summed E-state index contributed by atoms with van der Waals surface area (Å²) in [6, 6.07) is 8.12. The number of rotatable bonds is 3. The van der Waals surface area contributed by atoms with Gasteiger partial charge in [-0.05, 0) is 6.92 Å². The van der Waals surface area contributed by atoms with Crippen LogP contribution >= 0.6 is 0 Å². The molecule has 1 aliphatic heterocycles. The molecule has 4 rings (SSSR count). The van der Waals surface area contributed by atoms with Gasteiger partial charge < -0.3 is 19.8 Å². The third-order valence-electron chi connectivity index (χ3n) is 4.86. The molecule has 0 spiro atoms. The average molecular weight is 327 g/mol. The molecule has 0 unspecified atom stereocenters. The van der Waals surface area contributed by atoms with E-state index in [9.17, 15) is 10.2 Å². The first-order valence-electron chi connectivity index (χ1n) is 8.22. The van der Waals surface area contributed by atoms with Crippen molar-refractivity contribution in [3.05, 3.63) is 41.1 Å². The van der Waals surface area contributed by atoms with Crippen LogP contribution < -0.4 is 4.90 Å². The average Bonchev–Trinajstić information content (AvgIpc) is 2.93. The van der Waals surface area contributed by atoms with Crippen molar-refractivity contribution in [1.82, 2.24) is 9.61 Å². The fourth-order valence-corrected chi connectivity index (χ4v) is 3.61. The van der Waals surface area contributed by atoms with Gasteiger partial charge in [-0.15, -0.1) is 5.10 Å². The van der Waals surface area contributed by atoms with Gasteiger partial charge in [-0.25, -0.2) is 4.52 Å². The van der Waals surface area contributed by atoms with Crippen molar-refractivity contribution < 1.29 is 14.9 Å². The first-order chi connectivity index (χ1) is 11.8. The smallest absolute Gasteiger partial charge is 0.157 e. The fourth-order valence-electron chi connectivity index (χ4n) is 3.61. The molecule has 6 heteroatoms. The van der Waals surface area contributed by atoms with E-state index in [4.69, 9.17) is 9.84 Å². The molecular formula is C18H21N3O3. The number of benzene rings is 1. The van der Waals surface area contributed by atoms with Crippen LogP contribution in [0.2, 0.25) is 0 Å². The maximum atomic E-state index is 9.86. The summed E-state index contributed by atoms with van der Waals surface area (Å²) in [5.41, 5.74) is 3.27. The van der Waals surface area contributed by atoms with Crippen LogP contribution in [0, 0.1) is 6.92 Å². The van der Waals surface area contributed by atoms with E-state index in [1.807, 2.05) is 23.6 Å². The molecule has 2 aromatic heterocycles. The lowest BCUT2D eigenvalue weighted by Crippen LogP contribution is -2.37. The molecule has 0 atom stereocenters. The number of fused-ring (bicyclic) bond motifs is 3. The Hall–Kier alpha value is -2.15. The number of aliphatic hydroxyl groups excluding tert-OH is 2. The quantitative estimate of drug-likeness (QED) is 0.765. The second kappa shape index (κ2) is 6.05. The highest BCUT2D eigenvalue weighted by Gasteiger charge is 2.22. The van der Waals surface area contributed by atoms with Crippen molar-refractivity contribution in [2.75, 3.05) is 31.2 Å². The number of morpholine rings is 1. The van der Waals surface area contributed by atoms with E-state index < -0.39 is 0 Å². The molecule has 3 aromatic rings. The van der Waals surface area contributed by atoms with Crippen LogP contribution in [0.15, 0.2) is 24.3 Å². The zero-order valence-corrected chi connectivity index (χ0v) is 13.7. The van der Waals surface area contributed by atoms with Crippen molar-refractivity contribution >= 4 is 22.1 Å². The zero-order chi connectivity index (χ0) is 16.7. The molecule has 0 bridgehead atoms. The van der Waals surface area contributed by atoms with Crippen LogP contribution in [0.25, 0.3) is 16.3 Å². The molecule has 1 aliphatic rings. The molecule has 0 aliphatic carbocycles. The topological polar surface area (TPSA) is 70.2 Å². The lowest BCUT2D eigenvalue weighted by molar-refractivity contribution is 0.122. The Morgan fingerprint density at radius 1 is 1.04 bits per heavy atom. The molecule has 0 saturated carbocycles. The summed E-state index contributed by atoms with van der Waals surface area (Å²) in [5.74, 6) is 0.925. The Morgan fingerprint density at radius 2 is 1.71 bits per heavy atom. The van der Waals surface area contributed by atoms with Gasteiger partial charge in [0.2, 0.25) is 0 Å². The summed E-state index contributed by atoms with van der Waals surface area (Å²) < 4.78 is 7.33. The number of hydrogen-bond donors (Lipinski definition) is 2. The fraction of sp³-hybridized carbons (Fsp3) is 0.389. The highest BCUT2D eigenvalue weighted by atomic mass is 16.5. The summed E-state index contributed by atoms with van der Waals surface area (Å²) >= 11 is 0. The van der Waals surface area contributed by atoms with E-state index >= 15 is 0 Å². The molecular weight excluding hydrogens is 306 g/mol. The largest absolute Gasteiger partial charge is 0.392 e. The predicted octanol–water partition coefficient (Wildman–Crippen LogP) is 1.62. The monoisotopic (exact) mass is 327 g/mol. The Balaban J connectivity index is 2.08. The second-order valence-corrected chi connectivity index (χ2v) is 6.09. The Labute approximate surface area is 139 Å². The van der Waals surface area contributed by atoms with Gasteiger partial charge in [0.15, 0.2) is 5.82 Å². The summed E-state index contributed by atoms with van der Waals surface area (Å²) in [4.78, 5) is 2.24. The first-order valence-corrected chi connectivity index (χ1v) is 8.22. The van der Waals surface area contributed by atoms with E-state index in [0.29, 0.717) is 13.2 Å². The lowest BCUT2D eigenvalue weighted by Gasteiger charge is -2.29. The van der Waals surface area contributed by atoms with E-state index in [1.165, 1.54) is 0 Å². The highest BCUT2D eigenvalue weighted by Crippen LogP contribution is 2.33. The number of hydrogen-bond acceptors (Lipinski definition) is 5. The minimum atomic E-state index is -0.115. The van der Waals surface area contributed by atoms with E-state index in [0.717, 1.165) is 52.0 Å². The predicted molar refractivity (Wildman–Crippen MR) is 92.3 cm³/mol. The van der Waals surface area contributed by atoms with Gasteiger partial charge in [0.05, 0.1) is 31.9 Å². The Bertz CT molecular complexity index is 898. The number of aromatic nitrogens is 2. The molecule has 1 aromatic carbocycles. The maximum Gasteiger partial charge on any atom is 0.157 e. The third kappa shape index (κ3) is 2.18. The maximum absolute atomic E-state index is 9.86. The van der Waals surface area contributed by atoms with Gasteiger partial charge in [0, 0.05) is 40.7 Å². The van der Waals surface area contributed by atoms with Crippen LogP contribution in [-0.4, -0.2) is 46.1 Å². The van der Waals surface area contributed by atoms with E-state index in [1.54, 1.807) is 0 Å². The molecule has 3 heterocycles. The molecule has 24 heavy (non-hydrogen) atoms. The van der Waals surface area contributed by atoms with Crippen LogP contribution in [0.1, 0.15) is 16.8 Å². The van der Waals surface area contributed by atoms with Crippen LogP contribution in [0.5, 0.6) is 0 Å². The van der Waals surface area contributed by atoms with Crippen molar-refractivity contribution in [3.8, 4) is 0 Å². The summed E-state index contributed by atoms with van der Waals surface area (Å²) in [6.45, 7) is 4.72. The number of ether oxygens (including phenoxy) is 1. The summed E-state index contributed by atoms with van der Waals surface area (Å²) in [7, 11) is 0. The van der Waals surface area contributed by atoms with Gasteiger partial charge in [0.25, 0.3) is 0 Å². The van der Waals surface area contributed by atoms with Crippen molar-refractivity contribution in [3.63, 3.8) is 0 Å². The van der Waals surface area contributed by atoms with E-state index in [2.05, 4.69) is 17.0 Å². The Morgan fingerprint density at radius 3 is 2.38 bits per heavy atom. The molecule has 6 nitrogen and oxygen atoms in total. The molecule has 0 radical (unpaired) electrons. The van der Waals surface area contributed by atoms with Gasteiger partial charge in [-0.1, -0.05) is 24.3 Å². The number of aryl methyl sites for hydroxylation is 1. The van der Waals surface area contributed by atoms with Crippen LogP contribution in [-0.2, 0) is 18.0 Å². The Kier molecular flexibility index (Phi) is 3.88. The molecule has 2 N–H and O–H groups in total. The normalized spacial score (nSPS) is 15.5. The third-order valence-corrected chi connectivity index (χ3v) is 4.86. The van der Waals surface area contributed by atoms with Gasteiger partial charge in [0.1, 0.15) is 0 Å². The number of anilines is 1. The highest BCUT2D eigenvalue weighted by molar-refractivity contribution is 6.03. The minimum Gasteiger partial charge on any atom is -0.392 e. The lowest BCUT2D eigenvalue weighted by atomic mass is 10.1. The van der Waals surface area contributed by atoms with Gasteiger partial charge in [-0.2, -0.15) is 0 Å². The number of nitrogens with zero attached hydrogens (tertiary/aromatic N) is 3. The standard InChI is InChI=1S/C18H21N3O3/c1-12-15(10-22)16(11-23)17-13-4-2-3-5-14(13)18(19-21(12)17)20-6-8-24-9-7-20/h2-5,22-23H,6-11H2,1H3. The van der Waals surface area contributed by atoms with Crippen molar-refractivity contribution in [2.45, 2.75) is 20.1 Å². The first kappa shape index (κ1) is 15.4. The minimum absolute atomic E-state index is 0.105. The van der Waals surface area contributed by atoms with Crippen molar-refractivity contribution in [2.24, 2.45) is 0 Å². The van der Waals surface area contributed by atoms with E-state index in [-0.39, 0.29) is 13.2 Å². The SMILES string of the molecule is Cc1c(CO)c(CO)c2c3ccccc3c(N3CCOCC3)nn12. The van der Waals surface area contributed by atoms with Crippen LogP contribution in [0.4, 0.5) is 5.82 Å². The number of aliphatic hydroxyl groups is 2. The second-order valence-electron chi connectivity index (χ2n) is 6.09. The van der Waals surface area contributed by atoms with Crippen LogP contribution in [0.3, 0.4) is 0 Å². The molecule has 0 amide bonds. The zero-order valence-electron chi connectivity index (χ0n) is 13.7. The summed E-state index contributed by atoms with van der Waals surface area (Å²) in [5, 5.41) is 26.6. The van der Waals surface area contributed by atoms with Gasteiger partial charge in [-0.3, -0.25) is 0 Å². The molecule has 126 valence electrons.